The van der Waals surface area contributed by atoms with E-state index in [2.05, 4.69) is 5.32 Å². The Balaban J connectivity index is 1.55. The molecule has 1 fully saturated rings. The molecular formula is C31H34ClFN2O2S. The van der Waals surface area contributed by atoms with E-state index in [1.165, 1.54) is 30.3 Å². The SMILES string of the molecule is O=C(NC1CCCCC1)[C@H](Cc1ccccc1)N(Cc1ccc(Cl)cc1)C(=O)CSCc1ccc(F)cc1. The molecule has 1 aliphatic rings. The zero-order chi connectivity index (χ0) is 26.7. The number of hydrogen-bond acceptors (Lipinski definition) is 3. The van der Waals surface area contributed by atoms with E-state index in [0.717, 1.165) is 42.4 Å². The van der Waals surface area contributed by atoms with Crippen LogP contribution in [0.3, 0.4) is 0 Å². The fourth-order valence-corrected chi connectivity index (χ4v) is 5.80. The zero-order valence-electron chi connectivity index (χ0n) is 21.5. The van der Waals surface area contributed by atoms with Gasteiger partial charge < -0.3 is 10.2 Å². The van der Waals surface area contributed by atoms with E-state index in [1.807, 2.05) is 42.5 Å². The van der Waals surface area contributed by atoms with E-state index in [1.54, 1.807) is 29.2 Å². The van der Waals surface area contributed by atoms with Crippen molar-refractivity contribution in [1.29, 1.82) is 0 Å². The Bertz CT molecular complexity index is 1170. The molecule has 1 N–H and O–H groups in total. The van der Waals surface area contributed by atoms with Crippen LogP contribution in [0.25, 0.3) is 0 Å². The molecular weight excluding hydrogens is 519 g/mol. The normalized spacial score (nSPS) is 14.6. The molecule has 0 radical (unpaired) electrons. The second-order valence-corrected chi connectivity index (χ2v) is 11.2. The first-order chi connectivity index (χ1) is 18.5. The molecule has 0 saturated heterocycles. The predicted octanol–water partition coefficient (Wildman–Crippen LogP) is 6.80. The number of carbonyl (C=O) groups excluding carboxylic acids is 2. The highest BCUT2D eigenvalue weighted by Crippen LogP contribution is 2.22. The highest BCUT2D eigenvalue weighted by molar-refractivity contribution is 7.99. The second-order valence-electron chi connectivity index (χ2n) is 9.82. The molecule has 38 heavy (non-hydrogen) atoms. The van der Waals surface area contributed by atoms with Crippen LogP contribution in [0.2, 0.25) is 5.02 Å². The summed E-state index contributed by atoms with van der Waals surface area (Å²) in [5.74, 6) is 0.306. The lowest BCUT2D eigenvalue weighted by atomic mass is 9.94. The highest BCUT2D eigenvalue weighted by atomic mass is 35.5. The van der Waals surface area contributed by atoms with Gasteiger partial charge in [0.2, 0.25) is 11.8 Å². The number of nitrogens with one attached hydrogen (secondary N) is 1. The van der Waals surface area contributed by atoms with Gasteiger partial charge in [0.15, 0.2) is 0 Å². The van der Waals surface area contributed by atoms with Crippen LogP contribution in [0.5, 0.6) is 0 Å². The topological polar surface area (TPSA) is 49.4 Å². The number of amides is 2. The van der Waals surface area contributed by atoms with Crippen LogP contribution in [0, 0.1) is 5.82 Å². The van der Waals surface area contributed by atoms with Crippen molar-refractivity contribution in [2.24, 2.45) is 0 Å². The Morgan fingerprint density at radius 1 is 0.895 bits per heavy atom. The van der Waals surface area contributed by atoms with Gasteiger partial charge in [0, 0.05) is 29.8 Å². The zero-order valence-corrected chi connectivity index (χ0v) is 23.0. The van der Waals surface area contributed by atoms with Crippen molar-refractivity contribution in [1.82, 2.24) is 10.2 Å². The summed E-state index contributed by atoms with van der Waals surface area (Å²) in [5, 5.41) is 3.88. The maximum Gasteiger partial charge on any atom is 0.243 e. The summed E-state index contributed by atoms with van der Waals surface area (Å²) in [6.45, 7) is 0.308. The van der Waals surface area contributed by atoms with Gasteiger partial charge in [0.25, 0.3) is 0 Å². The molecule has 0 unspecified atom stereocenters. The predicted molar refractivity (Wildman–Crippen MR) is 154 cm³/mol. The molecule has 2 amide bonds. The molecule has 4 nitrogen and oxygen atoms in total. The molecule has 4 rings (SSSR count). The van der Waals surface area contributed by atoms with Crippen LogP contribution in [0.1, 0.15) is 48.8 Å². The Kier molecular flexibility index (Phi) is 10.6. The number of hydrogen-bond donors (Lipinski definition) is 1. The molecule has 0 aromatic heterocycles. The van der Waals surface area contributed by atoms with E-state index in [9.17, 15) is 14.0 Å². The van der Waals surface area contributed by atoms with Gasteiger partial charge in [0.05, 0.1) is 5.75 Å². The van der Waals surface area contributed by atoms with Crippen molar-refractivity contribution in [2.75, 3.05) is 5.75 Å². The van der Waals surface area contributed by atoms with Crippen molar-refractivity contribution in [3.8, 4) is 0 Å². The van der Waals surface area contributed by atoms with Gasteiger partial charge >= 0.3 is 0 Å². The fourth-order valence-electron chi connectivity index (χ4n) is 4.80. The molecule has 200 valence electrons. The lowest BCUT2D eigenvalue weighted by Crippen LogP contribution is -2.53. The molecule has 0 bridgehead atoms. The Morgan fingerprint density at radius 3 is 2.24 bits per heavy atom. The number of thioether (sulfide) groups is 1. The van der Waals surface area contributed by atoms with Crippen molar-refractivity contribution >= 4 is 35.2 Å². The number of nitrogens with zero attached hydrogens (tertiary/aromatic N) is 1. The smallest absolute Gasteiger partial charge is 0.243 e. The Labute approximate surface area is 234 Å². The van der Waals surface area contributed by atoms with Gasteiger partial charge in [-0.1, -0.05) is 85.5 Å². The molecule has 0 spiro atoms. The van der Waals surface area contributed by atoms with E-state index < -0.39 is 6.04 Å². The largest absolute Gasteiger partial charge is 0.352 e. The molecule has 3 aromatic rings. The average Bonchev–Trinajstić information content (AvgIpc) is 2.94. The van der Waals surface area contributed by atoms with Crippen LogP contribution in [-0.2, 0) is 28.3 Å². The van der Waals surface area contributed by atoms with Gasteiger partial charge in [-0.15, -0.1) is 11.8 Å². The fraction of sp³-hybridized carbons (Fsp3) is 0.355. The van der Waals surface area contributed by atoms with E-state index in [4.69, 9.17) is 11.6 Å². The lowest BCUT2D eigenvalue weighted by Gasteiger charge is -2.33. The summed E-state index contributed by atoms with van der Waals surface area (Å²) >= 11 is 7.57. The summed E-state index contributed by atoms with van der Waals surface area (Å²) in [6, 6.07) is 23.1. The van der Waals surface area contributed by atoms with E-state index in [-0.39, 0.29) is 29.4 Å². The first kappa shape index (κ1) is 28.2. The lowest BCUT2D eigenvalue weighted by molar-refractivity contribution is -0.139. The van der Waals surface area contributed by atoms with Crippen LogP contribution in [0.4, 0.5) is 4.39 Å². The summed E-state index contributed by atoms with van der Waals surface area (Å²) in [5.41, 5.74) is 2.86. The third-order valence-corrected chi connectivity index (χ3v) is 8.14. The molecule has 0 aliphatic heterocycles. The molecule has 7 heteroatoms. The van der Waals surface area contributed by atoms with Gasteiger partial charge in [0.1, 0.15) is 11.9 Å². The molecule has 1 atom stereocenters. The van der Waals surface area contributed by atoms with E-state index >= 15 is 0 Å². The first-order valence-corrected chi connectivity index (χ1v) is 14.7. The Hall–Kier alpha value is -2.83. The Morgan fingerprint density at radius 2 is 1.55 bits per heavy atom. The molecule has 0 heterocycles. The molecule has 3 aromatic carbocycles. The number of benzene rings is 3. The average molecular weight is 553 g/mol. The van der Waals surface area contributed by atoms with Gasteiger partial charge in [-0.05, 0) is 53.8 Å². The summed E-state index contributed by atoms with van der Waals surface area (Å²) < 4.78 is 13.3. The van der Waals surface area contributed by atoms with Crippen LogP contribution in [-0.4, -0.2) is 34.6 Å². The highest BCUT2D eigenvalue weighted by Gasteiger charge is 2.31. The maximum absolute atomic E-state index is 13.8. The van der Waals surface area contributed by atoms with Gasteiger partial charge in [-0.2, -0.15) is 0 Å². The molecule has 1 aliphatic carbocycles. The summed E-state index contributed by atoms with van der Waals surface area (Å²) in [6.07, 6.45) is 5.81. The summed E-state index contributed by atoms with van der Waals surface area (Å²) in [4.78, 5) is 29.2. The maximum atomic E-state index is 13.8. The molecule has 1 saturated carbocycles. The third kappa shape index (κ3) is 8.60. The van der Waals surface area contributed by atoms with Crippen molar-refractivity contribution < 1.29 is 14.0 Å². The van der Waals surface area contributed by atoms with Crippen LogP contribution >= 0.6 is 23.4 Å². The minimum atomic E-state index is -0.645. The van der Waals surface area contributed by atoms with Crippen LogP contribution in [0.15, 0.2) is 78.9 Å². The van der Waals surface area contributed by atoms with E-state index in [0.29, 0.717) is 23.7 Å². The summed E-state index contributed by atoms with van der Waals surface area (Å²) in [7, 11) is 0. The number of halogens is 2. The minimum Gasteiger partial charge on any atom is -0.352 e. The number of carbonyl (C=O) groups is 2. The van der Waals surface area contributed by atoms with Crippen molar-refractivity contribution in [3.63, 3.8) is 0 Å². The first-order valence-electron chi connectivity index (χ1n) is 13.2. The standard InChI is InChI=1S/C31H34ClFN2O2S/c32-26-15-11-24(12-16-26)20-35(30(36)22-38-21-25-13-17-27(33)18-14-25)29(19-23-7-3-1-4-8-23)31(37)34-28-9-5-2-6-10-28/h1,3-4,7-8,11-18,28-29H,2,5-6,9-10,19-22H2,(H,34,37)/t29-/m0/s1. The third-order valence-electron chi connectivity index (χ3n) is 6.90. The minimum absolute atomic E-state index is 0.105. The second kappa shape index (κ2) is 14.4. The quantitative estimate of drug-likeness (QED) is 0.284. The van der Waals surface area contributed by atoms with Crippen molar-refractivity contribution in [2.45, 2.75) is 62.9 Å². The van der Waals surface area contributed by atoms with Gasteiger partial charge in [-0.25, -0.2) is 4.39 Å². The van der Waals surface area contributed by atoms with Gasteiger partial charge in [-0.3, -0.25) is 9.59 Å². The van der Waals surface area contributed by atoms with Crippen LogP contribution < -0.4 is 5.32 Å². The van der Waals surface area contributed by atoms with Crippen molar-refractivity contribution in [3.05, 3.63) is 106 Å². The monoisotopic (exact) mass is 552 g/mol. The number of rotatable bonds is 11.